The van der Waals surface area contributed by atoms with Gasteiger partial charge in [0.2, 0.25) is 10.0 Å². The maximum absolute atomic E-state index is 15.8. The quantitative estimate of drug-likeness (QED) is 0.235. The van der Waals surface area contributed by atoms with Gasteiger partial charge in [-0.3, -0.25) is 4.98 Å². The molecule has 2 atom stereocenters. The lowest BCUT2D eigenvalue weighted by atomic mass is 9.55. The van der Waals surface area contributed by atoms with E-state index in [0.29, 0.717) is 27.5 Å². The average Bonchev–Trinajstić information content (AvgIpc) is 3.29. The fraction of sp³-hybridized carbons (Fsp3) is 0.393. The first kappa shape index (κ1) is 28.7. The van der Waals surface area contributed by atoms with E-state index in [1.807, 2.05) is 19.9 Å². The van der Waals surface area contributed by atoms with Crippen LogP contribution < -0.4 is 5.76 Å². The molecule has 2 fully saturated rings. The summed E-state index contributed by atoms with van der Waals surface area (Å²) in [6.07, 6.45) is 11.1. The van der Waals surface area contributed by atoms with Gasteiger partial charge in [0, 0.05) is 27.9 Å². The van der Waals surface area contributed by atoms with Crippen LogP contribution in [0.4, 0.5) is 4.39 Å². The number of halogens is 2. The SMILES string of the molecule is C=C/C(=C\C=C/C)[C@H]1CC[C@H](C)N(Cc2cc(F)c(C3(c4c[nH]c(=O)o4)CC(O)(C=C)C3)cc2I)S1(=O)=O. The first-order chi connectivity index (χ1) is 17.9. The molecular weight excluding hydrogens is 622 g/mol. The van der Waals surface area contributed by atoms with Crippen LogP contribution in [0.1, 0.15) is 56.4 Å². The molecule has 0 radical (unpaired) electrons. The van der Waals surface area contributed by atoms with E-state index in [-0.39, 0.29) is 36.8 Å². The highest BCUT2D eigenvalue weighted by molar-refractivity contribution is 14.1. The summed E-state index contributed by atoms with van der Waals surface area (Å²) < 4.78 is 50.6. The Morgan fingerprint density at radius 3 is 2.63 bits per heavy atom. The van der Waals surface area contributed by atoms with Crippen LogP contribution >= 0.6 is 22.6 Å². The molecule has 10 heteroatoms. The third-order valence-electron chi connectivity index (χ3n) is 7.68. The first-order valence-electron chi connectivity index (χ1n) is 12.4. The number of nitrogens with one attached hydrogen (secondary N) is 1. The highest BCUT2D eigenvalue weighted by atomic mass is 127. The number of hydrogen-bond donors (Lipinski definition) is 2. The van der Waals surface area contributed by atoms with Crippen molar-refractivity contribution in [3.05, 3.63) is 104 Å². The maximum Gasteiger partial charge on any atom is 0.416 e. The predicted molar refractivity (Wildman–Crippen MR) is 154 cm³/mol. The number of rotatable bonds is 8. The van der Waals surface area contributed by atoms with E-state index in [1.165, 1.54) is 22.6 Å². The second kappa shape index (κ2) is 10.7. The Hall–Kier alpha value is -2.28. The number of aromatic amines is 1. The van der Waals surface area contributed by atoms with Gasteiger partial charge in [-0.1, -0.05) is 37.0 Å². The van der Waals surface area contributed by atoms with Crippen LogP contribution in [0.2, 0.25) is 0 Å². The molecular formula is C28H32FIN2O5S. The molecule has 38 heavy (non-hydrogen) atoms. The third-order valence-corrected chi connectivity index (χ3v) is 11.1. The number of hydrogen-bond acceptors (Lipinski definition) is 5. The molecule has 1 aromatic heterocycles. The van der Waals surface area contributed by atoms with Crippen LogP contribution in [-0.2, 0) is 22.0 Å². The van der Waals surface area contributed by atoms with Crippen molar-refractivity contribution in [2.45, 2.75) is 68.4 Å². The number of H-pyrrole nitrogens is 1. The second-order valence-corrected chi connectivity index (χ2v) is 13.3. The second-order valence-electron chi connectivity index (χ2n) is 10.1. The van der Waals surface area contributed by atoms with Gasteiger partial charge in [-0.2, -0.15) is 4.31 Å². The minimum atomic E-state index is -3.74. The Morgan fingerprint density at radius 2 is 2.05 bits per heavy atom. The van der Waals surface area contributed by atoms with Gasteiger partial charge in [0.25, 0.3) is 0 Å². The molecule has 2 heterocycles. The van der Waals surface area contributed by atoms with Crippen LogP contribution in [0, 0.1) is 9.39 Å². The lowest BCUT2D eigenvalue weighted by Gasteiger charge is -2.51. The highest BCUT2D eigenvalue weighted by Crippen LogP contribution is 2.55. The highest BCUT2D eigenvalue weighted by Gasteiger charge is 2.57. The van der Waals surface area contributed by atoms with E-state index >= 15 is 4.39 Å². The van der Waals surface area contributed by atoms with E-state index < -0.39 is 37.9 Å². The van der Waals surface area contributed by atoms with Crippen LogP contribution in [0.5, 0.6) is 0 Å². The summed E-state index contributed by atoms with van der Waals surface area (Å²) >= 11 is 2.08. The molecule has 2 aromatic rings. The van der Waals surface area contributed by atoms with Crippen molar-refractivity contribution in [2.24, 2.45) is 0 Å². The number of aromatic nitrogens is 1. The summed E-state index contributed by atoms with van der Waals surface area (Å²) in [5, 5.41) is 9.96. The summed E-state index contributed by atoms with van der Waals surface area (Å²) in [5.41, 5.74) is -0.843. The average molecular weight is 655 g/mol. The van der Waals surface area contributed by atoms with E-state index in [0.717, 1.165) is 0 Å². The van der Waals surface area contributed by atoms with Crippen molar-refractivity contribution in [3.8, 4) is 0 Å². The Balaban J connectivity index is 1.71. The molecule has 0 bridgehead atoms. The molecule has 7 nitrogen and oxygen atoms in total. The van der Waals surface area contributed by atoms with Gasteiger partial charge < -0.3 is 9.52 Å². The largest absolute Gasteiger partial charge is 0.416 e. The Bertz CT molecular complexity index is 1470. The number of nitrogens with zero attached hydrogens (tertiary/aromatic N) is 1. The summed E-state index contributed by atoms with van der Waals surface area (Å²) in [7, 11) is -3.74. The minimum absolute atomic E-state index is 0.0202. The fourth-order valence-corrected chi connectivity index (χ4v) is 8.44. The van der Waals surface area contributed by atoms with Gasteiger partial charge in [-0.15, -0.1) is 6.58 Å². The van der Waals surface area contributed by atoms with Crippen molar-refractivity contribution >= 4 is 32.6 Å². The summed E-state index contributed by atoms with van der Waals surface area (Å²) in [5.74, 6) is -0.994. The third kappa shape index (κ3) is 5.03. The first-order valence-corrected chi connectivity index (χ1v) is 15.0. The van der Waals surface area contributed by atoms with Crippen molar-refractivity contribution in [3.63, 3.8) is 0 Å². The van der Waals surface area contributed by atoms with Crippen LogP contribution in [0.15, 0.2) is 76.7 Å². The van der Waals surface area contributed by atoms with E-state index in [9.17, 15) is 18.3 Å². The maximum atomic E-state index is 15.8. The molecule has 4 rings (SSSR count). The number of aliphatic hydroxyl groups is 1. The summed E-state index contributed by atoms with van der Waals surface area (Å²) in [4.78, 5) is 14.2. The van der Waals surface area contributed by atoms with Crippen molar-refractivity contribution in [2.75, 3.05) is 0 Å². The van der Waals surface area contributed by atoms with Gasteiger partial charge in [0.15, 0.2) is 0 Å². The van der Waals surface area contributed by atoms with Gasteiger partial charge in [-0.05, 0) is 85.4 Å². The van der Waals surface area contributed by atoms with Gasteiger partial charge >= 0.3 is 5.76 Å². The van der Waals surface area contributed by atoms with E-state index in [2.05, 4.69) is 40.7 Å². The van der Waals surface area contributed by atoms with Crippen molar-refractivity contribution < 1.29 is 22.3 Å². The molecule has 1 aromatic carbocycles. The molecule has 0 unspecified atom stereocenters. The molecule has 0 amide bonds. The topological polar surface area (TPSA) is 104 Å². The Morgan fingerprint density at radius 1 is 1.34 bits per heavy atom. The zero-order valence-electron chi connectivity index (χ0n) is 21.4. The van der Waals surface area contributed by atoms with Crippen LogP contribution in [0.25, 0.3) is 0 Å². The van der Waals surface area contributed by atoms with E-state index in [4.69, 9.17) is 4.42 Å². The van der Waals surface area contributed by atoms with Gasteiger partial charge in [0.1, 0.15) is 16.8 Å². The molecule has 1 saturated heterocycles. The van der Waals surface area contributed by atoms with Gasteiger partial charge in [0.05, 0.1) is 11.0 Å². The summed E-state index contributed by atoms with van der Waals surface area (Å²) in [6, 6.07) is 2.75. The van der Waals surface area contributed by atoms with Crippen LogP contribution in [0.3, 0.4) is 0 Å². The normalized spacial score (nSPS) is 29.8. The monoisotopic (exact) mass is 654 g/mol. The molecule has 0 spiro atoms. The molecule has 1 aliphatic carbocycles. The molecule has 1 saturated carbocycles. The molecule has 1 aliphatic heterocycles. The fourth-order valence-electron chi connectivity index (χ4n) is 5.60. The number of allylic oxidation sites excluding steroid dienone is 4. The zero-order valence-corrected chi connectivity index (χ0v) is 24.4. The van der Waals surface area contributed by atoms with Crippen molar-refractivity contribution in [1.29, 1.82) is 0 Å². The smallest absolute Gasteiger partial charge is 0.412 e. The van der Waals surface area contributed by atoms with Crippen molar-refractivity contribution in [1.82, 2.24) is 9.29 Å². The molecule has 204 valence electrons. The Kier molecular flexibility index (Phi) is 8.09. The number of oxazole rings is 1. The standard InChI is InChI=1S/C28H32FIN2O5S/c1-5-8-9-19(6-2)24-11-10-18(4)32(38(24,35)36)15-20-12-22(29)21(13-23(20)30)28(16-27(34,7-3)17-28)25-14-31-26(33)37-25/h5-9,12-14,18,24,34H,2-3,10-11,15-17H2,1,4H3,(H,31,33)/b8-5-,19-9+/t18-,24+,27?,28?/m0/s1. The minimum Gasteiger partial charge on any atom is -0.412 e. The molecule has 2 N–H and O–H groups in total. The number of benzene rings is 1. The Labute approximate surface area is 236 Å². The van der Waals surface area contributed by atoms with E-state index in [1.54, 1.807) is 24.3 Å². The lowest BCUT2D eigenvalue weighted by Crippen LogP contribution is -2.54. The van der Waals surface area contributed by atoms with Crippen LogP contribution in [-0.4, -0.2) is 39.7 Å². The zero-order chi connectivity index (χ0) is 27.9. The predicted octanol–water partition coefficient (Wildman–Crippen LogP) is 5.08. The van der Waals surface area contributed by atoms with Gasteiger partial charge in [-0.25, -0.2) is 17.6 Å². The number of sulfonamides is 1. The molecule has 2 aliphatic rings. The lowest BCUT2D eigenvalue weighted by molar-refractivity contribution is -0.0435. The summed E-state index contributed by atoms with van der Waals surface area (Å²) in [6.45, 7) is 11.2.